The van der Waals surface area contributed by atoms with E-state index in [9.17, 15) is 27.9 Å². The lowest BCUT2D eigenvalue weighted by Crippen LogP contribution is -2.37. The molecule has 1 aliphatic rings. The van der Waals surface area contributed by atoms with Gasteiger partial charge in [-0.3, -0.25) is 9.59 Å². The van der Waals surface area contributed by atoms with Crippen molar-refractivity contribution in [2.45, 2.75) is 57.0 Å². The Morgan fingerprint density at radius 1 is 1.22 bits per heavy atom. The van der Waals surface area contributed by atoms with Crippen LogP contribution in [0.2, 0.25) is 0 Å². The number of benzene rings is 1. The molecule has 8 heteroatoms. The van der Waals surface area contributed by atoms with Gasteiger partial charge in [-0.2, -0.15) is 0 Å². The Balaban J connectivity index is 1.95. The summed E-state index contributed by atoms with van der Waals surface area (Å²) in [6.45, 7) is 0. The molecule has 1 aromatic rings. The van der Waals surface area contributed by atoms with Crippen LogP contribution < -0.4 is 11.5 Å². The molecule has 1 fully saturated rings. The third kappa shape index (κ3) is 5.69. The number of primary amides is 2. The van der Waals surface area contributed by atoms with E-state index in [2.05, 4.69) is 0 Å². The second-order valence-corrected chi connectivity index (χ2v) is 7.27. The van der Waals surface area contributed by atoms with E-state index >= 15 is 0 Å². The molecule has 0 aromatic heterocycles. The molecule has 2 amide bonds. The first-order valence-electron chi connectivity index (χ1n) is 9.03. The molecule has 5 nitrogen and oxygen atoms in total. The Hall–Kier alpha value is -2.09. The lowest BCUT2D eigenvalue weighted by molar-refractivity contribution is -0.127. The van der Waals surface area contributed by atoms with Gasteiger partial charge in [-0.25, -0.2) is 13.2 Å². The monoisotopic (exact) mass is 386 g/mol. The minimum Gasteiger partial charge on any atom is -0.393 e. The summed E-state index contributed by atoms with van der Waals surface area (Å²) in [7, 11) is 0. The molecule has 5 N–H and O–H groups in total. The zero-order chi connectivity index (χ0) is 20.2. The number of hydrogen-bond acceptors (Lipinski definition) is 3. The van der Waals surface area contributed by atoms with Crippen LogP contribution in [0.4, 0.5) is 13.2 Å². The van der Waals surface area contributed by atoms with Gasteiger partial charge in [0, 0.05) is 18.8 Å². The molecule has 1 aliphatic carbocycles. The molecule has 0 saturated heterocycles. The average molecular weight is 386 g/mol. The predicted octanol–water partition coefficient (Wildman–Crippen LogP) is 2.54. The van der Waals surface area contributed by atoms with Gasteiger partial charge >= 0.3 is 0 Å². The second-order valence-electron chi connectivity index (χ2n) is 7.27. The third-order valence-electron chi connectivity index (χ3n) is 5.31. The Morgan fingerprint density at radius 2 is 1.85 bits per heavy atom. The summed E-state index contributed by atoms with van der Waals surface area (Å²) in [5.41, 5.74) is 10.5. The highest BCUT2D eigenvalue weighted by Crippen LogP contribution is 2.40. The van der Waals surface area contributed by atoms with E-state index in [1.807, 2.05) is 0 Å². The van der Waals surface area contributed by atoms with Crippen molar-refractivity contribution in [3.8, 4) is 0 Å². The molecule has 2 atom stereocenters. The molecule has 0 radical (unpaired) electrons. The van der Waals surface area contributed by atoms with Crippen molar-refractivity contribution in [2.75, 3.05) is 0 Å². The van der Waals surface area contributed by atoms with Crippen LogP contribution in [0.15, 0.2) is 18.2 Å². The van der Waals surface area contributed by atoms with Gasteiger partial charge in [0.05, 0.1) is 11.7 Å². The van der Waals surface area contributed by atoms with Crippen molar-refractivity contribution in [3.63, 3.8) is 0 Å². The fraction of sp³-hybridized carbons (Fsp3) is 0.579. The zero-order valence-corrected chi connectivity index (χ0v) is 15.0. The second kappa shape index (κ2) is 8.73. The van der Waals surface area contributed by atoms with E-state index in [0.29, 0.717) is 0 Å². The number of carbonyl (C=O) groups excluding carboxylic acids is 2. The molecule has 0 heterocycles. The van der Waals surface area contributed by atoms with Crippen molar-refractivity contribution < 1.29 is 27.9 Å². The molecule has 0 spiro atoms. The smallest absolute Gasteiger partial charge is 0.251 e. The minimum absolute atomic E-state index is 0.0443. The van der Waals surface area contributed by atoms with E-state index in [1.54, 1.807) is 0 Å². The molecule has 2 rings (SSSR count). The van der Waals surface area contributed by atoms with Crippen molar-refractivity contribution in [1.29, 1.82) is 0 Å². The Bertz CT molecular complexity index is 687. The summed E-state index contributed by atoms with van der Waals surface area (Å²) in [6, 6.07) is 4.27. The number of aliphatic hydroxyl groups excluding tert-OH is 1. The Labute approximate surface area is 155 Å². The number of aliphatic hydroxyl groups is 1. The molecular formula is C19H25F3N2O3. The van der Waals surface area contributed by atoms with E-state index < -0.39 is 35.6 Å². The highest BCUT2D eigenvalue weighted by Gasteiger charge is 2.39. The Morgan fingerprint density at radius 3 is 2.41 bits per heavy atom. The normalized spacial score (nSPS) is 19.4. The van der Waals surface area contributed by atoms with Crippen LogP contribution in [0.5, 0.6) is 0 Å². The minimum atomic E-state index is -2.71. The van der Waals surface area contributed by atoms with Gasteiger partial charge in [0.2, 0.25) is 11.8 Å². The molecule has 2 unspecified atom stereocenters. The highest BCUT2D eigenvalue weighted by molar-refractivity contribution is 5.93. The quantitative estimate of drug-likeness (QED) is 0.639. The summed E-state index contributed by atoms with van der Waals surface area (Å²) < 4.78 is 40.8. The number of alkyl halides is 2. The number of amides is 2. The predicted molar refractivity (Wildman–Crippen MR) is 93.5 cm³/mol. The first-order valence-corrected chi connectivity index (χ1v) is 9.03. The maximum Gasteiger partial charge on any atom is 0.251 e. The van der Waals surface area contributed by atoms with Crippen LogP contribution >= 0.6 is 0 Å². The molecule has 0 aliphatic heterocycles. The van der Waals surface area contributed by atoms with Gasteiger partial charge in [0.25, 0.3) is 5.91 Å². The van der Waals surface area contributed by atoms with Gasteiger partial charge in [-0.1, -0.05) is 12.1 Å². The topological polar surface area (TPSA) is 106 Å². The first kappa shape index (κ1) is 21.2. The lowest BCUT2D eigenvalue weighted by Gasteiger charge is -2.33. The van der Waals surface area contributed by atoms with Crippen LogP contribution in [-0.2, 0) is 11.2 Å². The average Bonchev–Trinajstić information content (AvgIpc) is 2.58. The number of aryl methyl sites for hydroxylation is 1. The largest absolute Gasteiger partial charge is 0.393 e. The molecular weight excluding hydrogens is 361 g/mol. The molecule has 1 saturated carbocycles. The summed E-state index contributed by atoms with van der Waals surface area (Å²) >= 11 is 0. The van der Waals surface area contributed by atoms with E-state index in [0.717, 1.165) is 0 Å². The number of nitrogens with two attached hydrogens (primary N) is 2. The van der Waals surface area contributed by atoms with Crippen molar-refractivity contribution >= 4 is 11.8 Å². The van der Waals surface area contributed by atoms with Crippen LogP contribution in [0.25, 0.3) is 0 Å². The maximum absolute atomic E-state index is 14.2. The third-order valence-corrected chi connectivity index (χ3v) is 5.31. The summed E-state index contributed by atoms with van der Waals surface area (Å²) in [4.78, 5) is 22.9. The van der Waals surface area contributed by atoms with Gasteiger partial charge < -0.3 is 16.6 Å². The molecule has 1 aromatic carbocycles. The van der Waals surface area contributed by atoms with Crippen LogP contribution in [0, 0.1) is 17.7 Å². The molecule has 150 valence electrons. The molecule has 0 bridgehead atoms. The van der Waals surface area contributed by atoms with E-state index in [-0.39, 0.29) is 62.0 Å². The number of carbonyl (C=O) groups is 2. The van der Waals surface area contributed by atoms with Gasteiger partial charge in [0.15, 0.2) is 0 Å². The van der Waals surface area contributed by atoms with Crippen molar-refractivity contribution in [2.24, 2.45) is 23.3 Å². The maximum atomic E-state index is 14.2. The van der Waals surface area contributed by atoms with Gasteiger partial charge in [-0.15, -0.1) is 0 Å². The Kier molecular flexibility index (Phi) is 6.86. The molecule has 27 heavy (non-hydrogen) atoms. The van der Waals surface area contributed by atoms with Gasteiger partial charge in [-0.05, 0) is 49.7 Å². The number of rotatable bonds is 8. The fourth-order valence-corrected chi connectivity index (χ4v) is 3.70. The highest BCUT2D eigenvalue weighted by atomic mass is 19.3. The fourth-order valence-electron chi connectivity index (χ4n) is 3.70. The van der Waals surface area contributed by atoms with Crippen molar-refractivity contribution in [3.05, 3.63) is 35.1 Å². The van der Waals surface area contributed by atoms with Crippen LogP contribution in [0.3, 0.4) is 0 Å². The summed E-state index contributed by atoms with van der Waals surface area (Å²) in [6.07, 6.45) is -0.825. The number of halogens is 3. The standard InChI is InChI=1S/C19H25F3N2O3/c20-16-12(2-1-3-14(16)17(23)26)4-5-13(25)10-15(18(24)27)11-6-8-19(21,22)9-7-11/h1-3,11,13,15,25H,4-10H2,(H2,23,26)(H2,24,27). The van der Waals surface area contributed by atoms with Crippen LogP contribution in [-0.4, -0.2) is 28.9 Å². The number of hydrogen-bond donors (Lipinski definition) is 3. The van der Waals surface area contributed by atoms with Crippen molar-refractivity contribution in [1.82, 2.24) is 0 Å². The van der Waals surface area contributed by atoms with E-state index in [1.165, 1.54) is 18.2 Å². The summed E-state index contributed by atoms with van der Waals surface area (Å²) in [5, 5.41) is 10.3. The zero-order valence-electron chi connectivity index (χ0n) is 15.0. The lowest BCUT2D eigenvalue weighted by atomic mass is 9.76. The summed E-state index contributed by atoms with van der Waals surface area (Å²) in [5.74, 6) is -5.91. The van der Waals surface area contributed by atoms with Gasteiger partial charge in [0.1, 0.15) is 5.82 Å². The SMILES string of the molecule is NC(=O)c1cccc(CCC(O)CC(C(N)=O)C2CCC(F)(F)CC2)c1F. The van der Waals surface area contributed by atoms with E-state index in [4.69, 9.17) is 11.5 Å². The first-order chi connectivity index (χ1) is 12.6. The van der Waals surface area contributed by atoms with Crippen LogP contribution in [0.1, 0.15) is 54.4 Å².